The molecule has 28 heavy (non-hydrogen) atoms. The molecule has 0 saturated heterocycles. The quantitative estimate of drug-likeness (QED) is 0.673. The molecule has 0 heterocycles. The van der Waals surface area contributed by atoms with E-state index in [1.54, 1.807) is 67.8 Å². The number of benzene rings is 3. The summed E-state index contributed by atoms with van der Waals surface area (Å²) < 4.78 is 18.4. The molecule has 2 amide bonds. The summed E-state index contributed by atoms with van der Waals surface area (Å²) in [4.78, 5) is 25.0. The average molecular weight is 378 g/mol. The highest BCUT2D eigenvalue weighted by molar-refractivity contribution is 6.10. The molecule has 3 aromatic rings. The number of nitrogens with one attached hydrogen (secondary N) is 2. The maximum Gasteiger partial charge on any atom is 0.257 e. The van der Waals surface area contributed by atoms with E-state index in [2.05, 4.69) is 10.6 Å². The molecule has 0 aliphatic carbocycles. The summed E-state index contributed by atoms with van der Waals surface area (Å²) in [5, 5.41) is 5.50. The van der Waals surface area contributed by atoms with E-state index in [0.717, 1.165) is 0 Å². The highest BCUT2D eigenvalue weighted by Gasteiger charge is 2.14. The molecule has 0 fully saturated rings. The first-order chi connectivity index (χ1) is 13.5. The van der Waals surface area contributed by atoms with Crippen LogP contribution >= 0.6 is 0 Å². The van der Waals surface area contributed by atoms with Gasteiger partial charge in [-0.1, -0.05) is 30.3 Å². The molecule has 0 radical (unpaired) electrons. The smallest absolute Gasteiger partial charge is 0.257 e. The Morgan fingerprint density at radius 1 is 0.929 bits per heavy atom. The Morgan fingerprint density at radius 3 is 2.50 bits per heavy atom. The topological polar surface area (TPSA) is 67.4 Å². The Bertz CT molecular complexity index is 1000. The van der Waals surface area contributed by atoms with Crippen molar-refractivity contribution in [2.45, 2.75) is 6.42 Å². The number of hydrogen-bond acceptors (Lipinski definition) is 3. The van der Waals surface area contributed by atoms with Crippen molar-refractivity contribution in [2.75, 3.05) is 17.7 Å². The number of para-hydroxylation sites is 1. The van der Waals surface area contributed by atoms with Gasteiger partial charge in [0.1, 0.15) is 11.6 Å². The maximum absolute atomic E-state index is 13.3. The number of ether oxygens (including phenoxy) is 1. The van der Waals surface area contributed by atoms with Gasteiger partial charge in [-0.05, 0) is 42.0 Å². The first-order valence-corrected chi connectivity index (χ1v) is 8.64. The van der Waals surface area contributed by atoms with Gasteiger partial charge in [0.15, 0.2) is 0 Å². The minimum Gasteiger partial charge on any atom is -0.497 e. The number of carbonyl (C=O) groups is 2. The number of carbonyl (C=O) groups excluding carboxylic acids is 2. The molecule has 142 valence electrons. The predicted octanol–water partition coefficient (Wildman–Crippen LogP) is 4.27. The van der Waals surface area contributed by atoms with Crippen molar-refractivity contribution in [3.63, 3.8) is 0 Å². The molecule has 3 aromatic carbocycles. The predicted molar refractivity (Wildman–Crippen MR) is 106 cm³/mol. The molecule has 0 spiro atoms. The second kappa shape index (κ2) is 8.81. The number of anilines is 2. The summed E-state index contributed by atoms with van der Waals surface area (Å²) in [7, 11) is 1.55. The van der Waals surface area contributed by atoms with Crippen molar-refractivity contribution < 1.29 is 18.7 Å². The molecule has 2 N–H and O–H groups in total. The van der Waals surface area contributed by atoms with Crippen LogP contribution in [0.2, 0.25) is 0 Å². The fourth-order valence-electron chi connectivity index (χ4n) is 2.72. The molecule has 5 nitrogen and oxygen atoms in total. The van der Waals surface area contributed by atoms with Crippen LogP contribution in [0.1, 0.15) is 15.9 Å². The van der Waals surface area contributed by atoms with Crippen molar-refractivity contribution in [2.24, 2.45) is 0 Å². The molecular weight excluding hydrogens is 359 g/mol. The number of rotatable bonds is 6. The van der Waals surface area contributed by atoms with E-state index in [4.69, 9.17) is 4.74 Å². The van der Waals surface area contributed by atoms with Gasteiger partial charge in [-0.15, -0.1) is 0 Å². The van der Waals surface area contributed by atoms with Gasteiger partial charge < -0.3 is 15.4 Å². The Labute approximate surface area is 162 Å². The first-order valence-electron chi connectivity index (χ1n) is 8.64. The van der Waals surface area contributed by atoms with Crippen molar-refractivity contribution in [3.05, 3.63) is 89.7 Å². The summed E-state index contributed by atoms with van der Waals surface area (Å²) in [6.07, 6.45) is 0.00357. The van der Waals surface area contributed by atoms with Crippen LogP contribution in [0.5, 0.6) is 5.75 Å². The minimum atomic E-state index is -0.400. The van der Waals surface area contributed by atoms with E-state index >= 15 is 0 Å². The van der Waals surface area contributed by atoms with Crippen molar-refractivity contribution in [3.8, 4) is 5.75 Å². The fourth-order valence-corrected chi connectivity index (χ4v) is 2.72. The van der Waals surface area contributed by atoms with Gasteiger partial charge in [0, 0.05) is 11.8 Å². The summed E-state index contributed by atoms with van der Waals surface area (Å²) >= 11 is 0. The normalized spacial score (nSPS) is 10.2. The van der Waals surface area contributed by atoms with E-state index < -0.39 is 5.82 Å². The van der Waals surface area contributed by atoms with Gasteiger partial charge in [-0.25, -0.2) is 4.39 Å². The summed E-state index contributed by atoms with van der Waals surface area (Å²) in [5.74, 6) is -0.486. The largest absolute Gasteiger partial charge is 0.497 e. The van der Waals surface area contributed by atoms with Crippen LogP contribution < -0.4 is 15.4 Å². The van der Waals surface area contributed by atoms with Crippen LogP contribution in [0, 0.1) is 5.82 Å². The van der Waals surface area contributed by atoms with Gasteiger partial charge in [-0.2, -0.15) is 0 Å². The van der Waals surface area contributed by atoms with E-state index in [-0.39, 0.29) is 18.2 Å². The third-order valence-electron chi connectivity index (χ3n) is 4.03. The molecule has 0 unspecified atom stereocenters. The lowest BCUT2D eigenvalue weighted by Gasteiger charge is -2.12. The van der Waals surface area contributed by atoms with Crippen LogP contribution in [0.3, 0.4) is 0 Å². The highest BCUT2D eigenvalue weighted by atomic mass is 19.1. The Balaban J connectivity index is 1.73. The summed E-state index contributed by atoms with van der Waals surface area (Å²) in [6.45, 7) is 0. The number of halogens is 1. The van der Waals surface area contributed by atoms with Crippen molar-refractivity contribution in [1.29, 1.82) is 0 Å². The zero-order valence-electron chi connectivity index (χ0n) is 15.2. The molecule has 6 heteroatoms. The second-order valence-electron chi connectivity index (χ2n) is 6.09. The van der Waals surface area contributed by atoms with E-state index in [1.165, 1.54) is 12.1 Å². The molecule has 0 bridgehead atoms. The monoisotopic (exact) mass is 378 g/mol. The summed E-state index contributed by atoms with van der Waals surface area (Å²) in [5.41, 5.74) is 1.82. The lowest BCUT2D eigenvalue weighted by Crippen LogP contribution is -2.19. The standard InChI is InChI=1S/C22H19FN2O3/c1-28-18-9-5-8-17(14-18)24-22(27)19-10-2-3-11-20(19)25-21(26)13-15-6-4-7-16(23)12-15/h2-12,14H,13H2,1H3,(H,24,27)(H,25,26). The fraction of sp³-hybridized carbons (Fsp3) is 0.0909. The number of hydrogen-bond donors (Lipinski definition) is 2. The number of amides is 2. The van der Waals surface area contributed by atoms with Gasteiger partial charge in [0.05, 0.1) is 24.8 Å². The molecule has 0 aromatic heterocycles. The van der Waals surface area contributed by atoms with Gasteiger partial charge in [-0.3, -0.25) is 9.59 Å². The third kappa shape index (κ3) is 4.94. The molecule has 3 rings (SSSR count). The zero-order chi connectivity index (χ0) is 19.9. The lowest BCUT2D eigenvalue weighted by molar-refractivity contribution is -0.115. The van der Waals surface area contributed by atoms with Crippen LogP contribution in [0.15, 0.2) is 72.8 Å². The first kappa shape index (κ1) is 19.1. The molecule has 0 saturated carbocycles. The van der Waals surface area contributed by atoms with Gasteiger partial charge in [0.25, 0.3) is 5.91 Å². The van der Waals surface area contributed by atoms with E-state index in [9.17, 15) is 14.0 Å². The summed E-state index contributed by atoms with van der Waals surface area (Å²) in [6, 6.07) is 19.5. The zero-order valence-corrected chi connectivity index (χ0v) is 15.2. The SMILES string of the molecule is COc1cccc(NC(=O)c2ccccc2NC(=O)Cc2cccc(F)c2)c1. The lowest BCUT2D eigenvalue weighted by atomic mass is 10.1. The highest BCUT2D eigenvalue weighted by Crippen LogP contribution is 2.20. The van der Waals surface area contributed by atoms with E-state index in [1.807, 2.05) is 0 Å². The van der Waals surface area contributed by atoms with Crippen molar-refractivity contribution >= 4 is 23.2 Å². The van der Waals surface area contributed by atoms with Crippen LogP contribution in [-0.4, -0.2) is 18.9 Å². The van der Waals surface area contributed by atoms with Crippen LogP contribution in [0.25, 0.3) is 0 Å². The molecule has 0 atom stereocenters. The molecule has 0 aliphatic heterocycles. The Hall–Kier alpha value is -3.67. The van der Waals surface area contributed by atoms with Gasteiger partial charge in [0.2, 0.25) is 5.91 Å². The molecule has 0 aliphatic rings. The Kier molecular flexibility index (Phi) is 6.01. The van der Waals surface area contributed by atoms with Crippen molar-refractivity contribution in [1.82, 2.24) is 0 Å². The second-order valence-corrected chi connectivity index (χ2v) is 6.09. The third-order valence-corrected chi connectivity index (χ3v) is 4.03. The minimum absolute atomic E-state index is 0.00357. The van der Waals surface area contributed by atoms with Crippen LogP contribution in [0.4, 0.5) is 15.8 Å². The van der Waals surface area contributed by atoms with E-state index in [0.29, 0.717) is 28.3 Å². The van der Waals surface area contributed by atoms with Gasteiger partial charge >= 0.3 is 0 Å². The van der Waals surface area contributed by atoms with Crippen LogP contribution in [-0.2, 0) is 11.2 Å². The number of methoxy groups -OCH3 is 1. The Morgan fingerprint density at radius 2 is 1.71 bits per heavy atom. The average Bonchev–Trinajstić information content (AvgIpc) is 2.68. The maximum atomic E-state index is 13.3. The molecular formula is C22H19FN2O3.